The van der Waals surface area contributed by atoms with Crippen LogP contribution in [0.1, 0.15) is 26.2 Å². The lowest BCUT2D eigenvalue weighted by Crippen LogP contribution is -2.24. The Morgan fingerprint density at radius 3 is 2.94 bits per heavy atom. The van der Waals surface area contributed by atoms with E-state index >= 15 is 0 Å². The highest BCUT2D eigenvalue weighted by Gasteiger charge is 2.31. The summed E-state index contributed by atoms with van der Waals surface area (Å²) >= 11 is 0. The summed E-state index contributed by atoms with van der Waals surface area (Å²) in [4.78, 5) is 11.0. The molecule has 0 bridgehead atoms. The van der Waals surface area contributed by atoms with Crippen LogP contribution in [0.3, 0.4) is 0 Å². The molecule has 4 nitrogen and oxygen atoms in total. The summed E-state index contributed by atoms with van der Waals surface area (Å²) in [6, 6.07) is 0. The second kappa shape index (κ2) is 6.66. The lowest BCUT2D eigenvalue weighted by atomic mass is 9.91. The van der Waals surface area contributed by atoms with Gasteiger partial charge in [0.1, 0.15) is 0 Å². The predicted octanol–water partition coefficient (Wildman–Crippen LogP) is 0.875. The number of aliphatic hydroxyl groups is 2. The number of carbonyl (C=O) groups is 1. The molecular weight excluding hydrogens is 208 g/mol. The molecule has 1 saturated carbocycles. The zero-order valence-electron chi connectivity index (χ0n) is 9.63. The maximum atomic E-state index is 11.0. The SMILES string of the molecule is CCOC(=O)/C=C/[C@H](O)[C@H]1CCC[C@H]1CO. The molecule has 0 spiro atoms. The van der Waals surface area contributed by atoms with Gasteiger partial charge in [-0.15, -0.1) is 0 Å². The van der Waals surface area contributed by atoms with Gasteiger partial charge in [0, 0.05) is 12.7 Å². The average Bonchev–Trinajstić information content (AvgIpc) is 2.74. The standard InChI is InChI=1S/C12H20O4/c1-2-16-12(15)7-6-11(14)10-5-3-4-9(10)8-13/h6-7,9-11,13-14H,2-5,8H2,1H3/b7-6+/t9-,10-,11-/m0/s1. The maximum absolute atomic E-state index is 11.0. The Bertz CT molecular complexity index is 249. The van der Waals surface area contributed by atoms with Gasteiger partial charge >= 0.3 is 5.97 Å². The molecule has 3 atom stereocenters. The van der Waals surface area contributed by atoms with E-state index in [1.54, 1.807) is 6.92 Å². The van der Waals surface area contributed by atoms with Crippen LogP contribution in [-0.4, -0.2) is 35.5 Å². The van der Waals surface area contributed by atoms with Gasteiger partial charge in [-0.25, -0.2) is 4.79 Å². The number of hydrogen-bond acceptors (Lipinski definition) is 4. The monoisotopic (exact) mass is 228 g/mol. The van der Waals surface area contributed by atoms with Crippen molar-refractivity contribution >= 4 is 5.97 Å². The molecule has 0 heterocycles. The lowest BCUT2D eigenvalue weighted by molar-refractivity contribution is -0.137. The zero-order chi connectivity index (χ0) is 12.0. The minimum Gasteiger partial charge on any atom is -0.463 e. The van der Waals surface area contributed by atoms with Crippen molar-refractivity contribution in [3.63, 3.8) is 0 Å². The topological polar surface area (TPSA) is 66.8 Å². The van der Waals surface area contributed by atoms with E-state index in [1.807, 2.05) is 0 Å². The first-order chi connectivity index (χ1) is 7.69. The molecule has 1 aliphatic rings. The first-order valence-corrected chi connectivity index (χ1v) is 5.83. The van der Waals surface area contributed by atoms with Gasteiger partial charge in [0.2, 0.25) is 0 Å². The number of rotatable bonds is 5. The Hall–Kier alpha value is -0.870. The molecular formula is C12H20O4. The van der Waals surface area contributed by atoms with Crippen LogP contribution in [0.15, 0.2) is 12.2 Å². The first-order valence-electron chi connectivity index (χ1n) is 5.83. The summed E-state index contributed by atoms with van der Waals surface area (Å²) in [6.45, 7) is 2.18. The second-order valence-corrected chi connectivity index (χ2v) is 4.14. The van der Waals surface area contributed by atoms with Gasteiger partial charge in [0.05, 0.1) is 12.7 Å². The molecule has 1 fully saturated rings. The van der Waals surface area contributed by atoms with E-state index in [-0.39, 0.29) is 18.4 Å². The Morgan fingerprint density at radius 1 is 1.56 bits per heavy atom. The summed E-state index contributed by atoms with van der Waals surface area (Å²) in [5, 5.41) is 19.0. The van der Waals surface area contributed by atoms with Crippen LogP contribution < -0.4 is 0 Å². The van der Waals surface area contributed by atoms with Crippen LogP contribution in [-0.2, 0) is 9.53 Å². The van der Waals surface area contributed by atoms with Gasteiger partial charge in [-0.05, 0) is 37.7 Å². The summed E-state index contributed by atoms with van der Waals surface area (Å²) < 4.78 is 4.72. The van der Waals surface area contributed by atoms with Crippen LogP contribution in [0.25, 0.3) is 0 Å². The lowest BCUT2D eigenvalue weighted by Gasteiger charge is -2.20. The average molecular weight is 228 g/mol. The number of carbonyl (C=O) groups excluding carboxylic acids is 1. The third-order valence-electron chi connectivity index (χ3n) is 3.11. The number of esters is 1. The Balaban J connectivity index is 2.44. The first kappa shape index (κ1) is 13.2. The summed E-state index contributed by atoms with van der Waals surface area (Å²) in [5.74, 6) is -0.211. The molecule has 0 aromatic carbocycles. The minimum absolute atomic E-state index is 0.0654. The Labute approximate surface area is 95.9 Å². The van der Waals surface area contributed by atoms with Gasteiger partial charge in [-0.1, -0.05) is 6.42 Å². The van der Waals surface area contributed by atoms with Crippen molar-refractivity contribution in [2.24, 2.45) is 11.8 Å². The number of aliphatic hydroxyl groups excluding tert-OH is 2. The molecule has 0 radical (unpaired) electrons. The fourth-order valence-corrected chi connectivity index (χ4v) is 2.25. The zero-order valence-corrected chi connectivity index (χ0v) is 9.63. The molecule has 0 amide bonds. The molecule has 16 heavy (non-hydrogen) atoms. The van der Waals surface area contributed by atoms with Crippen molar-refractivity contribution in [2.75, 3.05) is 13.2 Å². The van der Waals surface area contributed by atoms with E-state index in [4.69, 9.17) is 9.84 Å². The highest BCUT2D eigenvalue weighted by Crippen LogP contribution is 2.34. The Kier molecular flexibility index (Phi) is 5.49. The van der Waals surface area contributed by atoms with E-state index in [0.717, 1.165) is 19.3 Å². The summed E-state index contributed by atoms with van der Waals surface area (Å²) in [6.07, 6.45) is 4.95. The van der Waals surface area contributed by atoms with Crippen LogP contribution >= 0.6 is 0 Å². The molecule has 0 unspecified atom stereocenters. The molecule has 0 saturated heterocycles. The van der Waals surface area contributed by atoms with Gasteiger partial charge in [-0.3, -0.25) is 0 Å². The van der Waals surface area contributed by atoms with Crippen LogP contribution in [0.4, 0.5) is 0 Å². The van der Waals surface area contributed by atoms with Crippen molar-refractivity contribution in [1.82, 2.24) is 0 Å². The number of ether oxygens (including phenoxy) is 1. The fourth-order valence-electron chi connectivity index (χ4n) is 2.25. The van der Waals surface area contributed by atoms with Crippen molar-refractivity contribution in [1.29, 1.82) is 0 Å². The van der Waals surface area contributed by atoms with Crippen LogP contribution in [0, 0.1) is 11.8 Å². The fraction of sp³-hybridized carbons (Fsp3) is 0.750. The third-order valence-corrected chi connectivity index (χ3v) is 3.11. The third kappa shape index (κ3) is 3.61. The molecule has 0 aromatic heterocycles. The van der Waals surface area contributed by atoms with Crippen LogP contribution in [0.2, 0.25) is 0 Å². The van der Waals surface area contributed by atoms with E-state index in [9.17, 15) is 9.90 Å². The van der Waals surface area contributed by atoms with Crippen molar-refractivity contribution in [3.05, 3.63) is 12.2 Å². The van der Waals surface area contributed by atoms with E-state index in [1.165, 1.54) is 12.2 Å². The smallest absolute Gasteiger partial charge is 0.330 e. The highest BCUT2D eigenvalue weighted by atomic mass is 16.5. The number of hydrogen-bond donors (Lipinski definition) is 2. The molecule has 1 rings (SSSR count). The second-order valence-electron chi connectivity index (χ2n) is 4.14. The molecule has 0 aliphatic heterocycles. The van der Waals surface area contributed by atoms with E-state index < -0.39 is 12.1 Å². The Morgan fingerprint density at radius 2 is 2.31 bits per heavy atom. The molecule has 4 heteroatoms. The largest absolute Gasteiger partial charge is 0.463 e. The highest BCUT2D eigenvalue weighted by molar-refractivity contribution is 5.81. The van der Waals surface area contributed by atoms with Gasteiger partial charge < -0.3 is 14.9 Å². The van der Waals surface area contributed by atoms with E-state index in [2.05, 4.69) is 0 Å². The minimum atomic E-state index is -0.663. The molecule has 1 aliphatic carbocycles. The summed E-state index contributed by atoms with van der Waals surface area (Å²) in [7, 11) is 0. The van der Waals surface area contributed by atoms with Crippen molar-refractivity contribution in [3.8, 4) is 0 Å². The normalized spacial score (nSPS) is 27.2. The van der Waals surface area contributed by atoms with Crippen LogP contribution in [0.5, 0.6) is 0 Å². The maximum Gasteiger partial charge on any atom is 0.330 e. The molecule has 92 valence electrons. The summed E-state index contributed by atoms with van der Waals surface area (Å²) in [5.41, 5.74) is 0. The molecule has 0 aromatic rings. The van der Waals surface area contributed by atoms with Crippen molar-refractivity contribution in [2.45, 2.75) is 32.3 Å². The predicted molar refractivity (Wildman–Crippen MR) is 59.7 cm³/mol. The van der Waals surface area contributed by atoms with Gasteiger partial charge in [-0.2, -0.15) is 0 Å². The molecule has 2 N–H and O–H groups in total. The van der Waals surface area contributed by atoms with Gasteiger partial charge in [0.25, 0.3) is 0 Å². The van der Waals surface area contributed by atoms with E-state index in [0.29, 0.717) is 6.61 Å². The van der Waals surface area contributed by atoms with Crippen molar-refractivity contribution < 1.29 is 19.7 Å². The quantitative estimate of drug-likeness (QED) is 0.541. The van der Waals surface area contributed by atoms with Gasteiger partial charge in [0.15, 0.2) is 0 Å².